The van der Waals surface area contributed by atoms with Crippen molar-refractivity contribution in [3.63, 3.8) is 0 Å². The van der Waals surface area contributed by atoms with Crippen LogP contribution in [0.5, 0.6) is 0 Å². The maximum absolute atomic E-state index is 5.82. The minimum atomic E-state index is 0.105. The zero-order valence-electron chi connectivity index (χ0n) is 8.66. The number of hydrogen-bond acceptors (Lipinski definition) is 4. The summed E-state index contributed by atoms with van der Waals surface area (Å²) in [6, 6.07) is 0.105. The Balaban J connectivity index is 2.82. The monoisotopic (exact) mass is 199 g/mol. The Hall–Kier alpha value is -0.450. The first kappa shape index (κ1) is 10.6. The summed E-state index contributed by atoms with van der Waals surface area (Å²) in [6.45, 7) is 4.92. The van der Waals surface area contributed by atoms with Crippen LogP contribution in [0.3, 0.4) is 0 Å². The van der Waals surface area contributed by atoms with E-state index in [0.717, 1.165) is 17.2 Å². The van der Waals surface area contributed by atoms with Crippen molar-refractivity contribution in [2.75, 3.05) is 14.1 Å². The summed E-state index contributed by atoms with van der Waals surface area (Å²) < 4.78 is 0. The Morgan fingerprint density at radius 3 is 2.54 bits per heavy atom. The highest BCUT2D eigenvalue weighted by Gasteiger charge is 2.10. The maximum Gasteiger partial charge on any atom is 0.107 e. The molecule has 0 amide bonds. The molecule has 0 aliphatic heterocycles. The van der Waals surface area contributed by atoms with E-state index in [1.165, 1.54) is 4.88 Å². The fraction of sp³-hybridized carbons (Fsp3) is 0.667. The highest BCUT2D eigenvalue weighted by atomic mass is 32.1. The van der Waals surface area contributed by atoms with E-state index in [1.54, 1.807) is 11.3 Å². The number of nitrogens with two attached hydrogens (primary N) is 1. The Morgan fingerprint density at radius 2 is 2.15 bits per heavy atom. The second-order valence-corrected chi connectivity index (χ2v) is 4.70. The number of rotatable bonds is 3. The standard InChI is InChI=1S/C9H17N3S/c1-6(10)9-7(2)11-8(13-9)5-12(3)4/h6H,5,10H2,1-4H3. The zero-order valence-corrected chi connectivity index (χ0v) is 9.48. The van der Waals surface area contributed by atoms with Gasteiger partial charge in [0.1, 0.15) is 5.01 Å². The van der Waals surface area contributed by atoms with Crippen LogP contribution in [0.15, 0.2) is 0 Å². The highest BCUT2D eigenvalue weighted by Crippen LogP contribution is 2.23. The summed E-state index contributed by atoms with van der Waals surface area (Å²) in [6.07, 6.45) is 0. The molecule has 0 bridgehead atoms. The Bertz CT molecular complexity index is 278. The Labute approximate surface area is 83.6 Å². The third-order valence-electron chi connectivity index (χ3n) is 1.74. The number of aryl methyl sites for hydroxylation is 1. The maximum atomic E-state index is 5.82. The molecule has 0 saturated carbocycles. The van der Waals surface area contributed by atoms with Gasteiger partial charge in [-0.2, -0.15) is 0 Å². The number of hydrogen-bond donors (Lipinski definition) is 1. The predicted molar refractivity (Wildman–Crippen MR) is 56.8 cm³/mol. The summed E-state index contributed by atoms with van der Waals surface area (Å²) in [7, 11) is 4.09. The molecule has 1 heterocycles. The SMILES string of the molecule is Cc1nc(CN(C)C)sc1C(C)N. The molecule has 1 rings (SSSR count). The van der Waals surface area contributed by atoms with Gasteiger partial charge in [0.15, 0.2) is 0 Å². The lowest BCUT2D eigenvalue weighted by Crippen LogP contribution is -2.10. The van der Waals surface area contributed by atoms with E-state index < -0.39 is 0 Å². The molecule has 3 nitrogen and oxygen atoms in total. The molecule has 1 unspecified atom stereocenters. The van der Waals surface area contributed by atoms with Crippen LogP contribution >= 0.6 is 11.3 Å². The normalized spacial score (nSPS) is 13.7. The van der Waals surface area contributed by atoms with Crippen molar-refractivity contribution < 1.29 is 0 Å². The third kappa shape index (κ3) is 2.76. The molecule has 0 radical (unpaired) electrons. The van der Waals surface area contributed by atoms with Crippen molar-refractivity contribution in [1.82, 2.24) is 9.88 Å². The smallest absolute Gasteiger partial charge is 0.107 e. The van der Waals surface area contributed by atoms with Crippen LogP contribution < -0.4 is 5.73 Å². The van der Waals surface area contributed by atoms with Gasteiger partial charge in [-0.15, -0.1) is 11.3 Å². The fourth-order valence-electron chi connectivity index (χ4n) is 1.23. The van der Waals surface area contributed by atoms with E-state index in [0.29, 0.717) is 0 Å². The average Bonchev–Trinajstić information content (AvgIpc) is 2.29. The van der Waals surface area contributed by atoms with E-state index in [9.17, 15) is 0 Å². The van der Waals surface area contributed by atoms with Crippen LogP contribution in [0.4, 0.5) is 0 Å². The number of aromatic nitrogens is 1. The van der Waals surface area contributed by atoms with Crippen LogP contribution in [-0.2, 0) is 6.54 Å². The third-order valence-corrected chi connectivity index (χ3v) is 3.08. The van der Waals surface area contributed by atoms with Crippen molar-refractivity contribution in [3.8, 4) is 0 Å². The molecular weight excluding hydrogens is 182 g/mol. The molecule has 1 aromatic heterocycles. The first-order chi connectivity index (χ1) is 6.00. The van der Waals surface area contributed by atoms with Gasteiger partial charge in [0, 0.05) is 17.5 Å². The van der Waals surface area contributed by atoms with Crippen molar-refractivity contribution in [3.05, 3.63) is 15.6 Å². The van der Waals surface area contributed by atoms with Gasteiger partial charge in [-0.05, 0) is 27.9 Å². The van der Waals surface area contributed by atoms with Crippen LogP contribution in [-0.4, -0.2) is 24.0 Å². The first-order valence-electron chi connectivity index (χ1n) is 4.37. The van der Waals surface area contributed by atoms with Gasteiger partial charge in [0.2, 0.25) is 0 Å². The van der Waals surface area contributed by atoms with Crippen molar-refractivity contribution in [1.29, 1.82) is 0 Å². The van der Waals surface area contributed by atoms with Gasteiger partial charge < -0.3 is 10.6 Å². The molecule has 4 heteroatoms. The molecule has 0 aromatic carbocycles. The van der Waals surface area contributed by atoms with Gasteiger partial charge >= 0.3 is 0 Å². The number of thiazole rings is 1. The summed E-state index contributed by atoms with van der Waals surface area (Å²) in [5.74, 6) is 0. The van der Waals surface area contributed by atoms with E-state index in [2.05, 4.69) is 9.88 Å². The second kappa shape index (κ2) is 4.17. The Morgan fingerprint density at radius 1 is 1.54 bits per heavy atom. The van der Waals surface area contributed by atoms with E-state index in [1.807, 2.05) is 27.9 Å². The van der Waals surface area contributed by atoms with Crippen molar-refractivity contribution >= 4 is 11.3 Å². The quantitative estimate of drug-likeness (QED) is 0.803. The fourth-order valence-corrected chi connectivity index (χ4v) is 2.36. The van der Waals surface area contributed by atoms with Gasteiger partial charge in [0.05, 0.1) is 5.69 Å². The molecule has 13 heavy (non-hydrogen) atoms. The van der Waals surface area contributed by atoms with Crippen LogP contribution in [0, 0.1) is 6.92 Å². The van der Waals surface area contributed by atoms with Crippen LogP contribution in [0.25, 0.3) is 0 Å². The summed E-state index contributed by atoms with van der Waals surface area (Å²) in [5.41, 5.74) is 6.90. The van der Waals surface area contributed by atoms with Gasteiger partial charge in [0.25, 0.3) is 0 Å². The molecular formula is C9H17N3S. The molecule has 0 spiro atoms. The van der Waals surface area contributed by atoms with Crippen molar-refractivity contribution in [2.24, 2.45) is 5.73 Å². The second-order valence-electron chi connectivity index (χ2n) is 3.58. The molecule has 2 N–H and O–H groups in total. The average molecular weight is 199 g/mol. The van der Waals surface area contributed by atoms with E-state index >= 15 is 0 Å². The largest absolute Gasteiger partial charge is 0.323 e. The van der Waals surface area contributed by atoms with Crippen LogP contribution in [0.2, 0.25) is 0 Å². The molecule has 0 fully saturated rings. The van der Waals surface area contributed by atoms with Crippen LogP contribution in [0.1, 0.15) is 28.5 Å². The highest BCUT2D eigenvalue weighted by molar-refractivity contribution is 7.11. The van der Waals surface area contributed by atoms with E-state index in [-0.39, 0.29) is 6.04 Å². The molecule has 0 aliphatic rings. The summed E-state index contributed by atoms with van der Waals surface area (Å²) in [5, 5.41) is 1.15. The Kier molecular flexibility index (Phi) is 3.41. The van der Waals surface area contributed by atoms with Gasteiger partial charge in [-0.25, -0.2) is 4.98 Å². The zero-order chi connectivity index (χ0) is 10.0. The lowest BCUT2D eigenvalue weighted by atomic mass is 10.2. The lowest BCUT2D eigenvalue weighted by Gasteiger charge is -2.05. The first-order valence-corrected chi connectivity index (χ1v) is 5.19. The minimum absolute atomic E-state index is 0.105. The topological polar surface area (TPSA) is 42.2 Å². The molecule has 0 saturated heterocycles. The van der Waals surface area contributed by atoms with Gasteiger partial charge in [-0.3, -0.25) is 0 Å². The number of nitrogens with zero attached hydrogens (tertiary/aromatic N) is 2. The molecule has 1 aromatic rings. The summed E-state index contributed by atoms with van der Waals surface area (Å²) >= 11 is 1.72. The molecule has 74 valence electrons. The molecule has 1 atom stereocenters. The molecule has 0 aliphatic carbocycles. The predicted octanol–water partition coefficient (Wildman–Crippen LogP) is 1.53. The van der Waals surface area contributed by atoms with Gasteiger partial charge in [-0.1, -0.05) is 0 Å². The summed E-state index contributed by atoms with van der Waals surface area (Å²) in [4.78, 5) is 7.79. The van der Waals surface area contributed by atoms with Crippen molar-refractivity contribution in [2.45, 2.75) is 26.4 Å². The van der Waals surface area contributed by atoms with E-state index in [4.69, 9.17) is 5.73 Å². The lowest BCUT2D eigenvalue weighted by molar-refractivity contribution is 0.401. The minimum Gasteiger partial charge on any atom is -0.323 e.